The number of aliphatic imine (C=N–C) groups is 1. The van der Waals surface area contributed by atoms with E-state index in [2.05, 4.69) is 36.9 Å². The Morgan fingerprint density at radius 3 is 2.09 bits per heavy atom. The molecule has 28 heteroatoms. The van der Waals surface area contributed by atoms with Crippen molar-refractivity contribution in [3.63, 3.8) is 0 Å². The van der Waals surface area contributed by atoms with Gasteiger partial charge in [-0.15, -0.1) is 0 Å². The van der Waals surface area contributed by atoms with Crippen LogP contribution in [0.25, 0.3) is 0 Å². The number of aliphatic hydroxyl groups is 1. The number of primary amides is 2. The molecule has 0 aromatic heterocycles. The first-order valence-electron chi connectivity index (χ1n) is 23.7. The first-order chi connectivity index (χ1) is 35.2. The Hall–Kier alpha value is -7.17. The van der Waals surface area contributed by atoms with Crippen LogP contribution in [0.5, 0.6) is 5.75 Å². The van der Waals surface area contributed by atoms with Crippen molar-refractivity contribution in [3.05, 3.63) is 65.7 Å². The van der Waals surface area contributed by atoms with Crippen LogP contribution < -0.4 is 60.6 Å². The summed E-state index contributed by atoms with van der Waals surface area (Å²) >= 11 is 0. The molecule has 3 aliphatic heterocycles. The average molecular weight is 1070 g/mol. The van der Waals surface area contributed by atoms with Crippen LogP contribution in [0.4, 0.5) is 0 Å². The summed E-state index contributed by atoms with van der Waals surface area (Å²) in [7, 11) is 2.04. The van der Waals surface area contributed by atoms with Gasteiger partial charge in [0.25, 0.3) is 0 Å². The van der Waals surface area contributed by atoms with Gasteiger partial charge in [-0.25, -0.2) is 0 Å². The predicted molar refractivity (Wildman–Crippen MR) is 271 cm³/mol. The Balaban J connectivity index is 1.46. The van der Waals surface area contributed by atoms with Crippen molar-refractivity contribution >= 4 is 86.6 Å². The Labute approximate surface area is 433 Å². The molecule has 74 heavy (non-hydrogen) atoms. The fraction of sp³-hybridized carbons (Fsp3) is 0.500. The van der Waals surface area contributed by atoms with Crippen LogP contribution in [0.15, 0.2) is 59.6 Å². The molecule has 26 nitrogen and oxygen atoms in total. The number of aliphatic hydroxyl groups excluding tert-OH is 1. The molecule has 3 aliphatic rings. The molecule has 0 spiro atoms. The number of nitrogens with two attached hydrogens (primary N) is 5. The second-order valence-corrected chi connectivity index (χ2v) is 20.5. The van der Waals surface area contributed by atoms with Gasteiger partial charge in [0, 0.05) is 50.4 Å². The van der Waals surface area contributed by atoms with Crippen molar-refractivity contribution in [2.75, 3.05) is 37.7 Å². The number of aromatic hydroxyl groups is 1. The van der Waals surface area contributed by atoms with E-state index in [1.54, 1.807) is 42.5 Å². The third kappa shape index (κ3) is 17.2. The molecule has 0 bridgehead atoms. The lowest BCUT2D eigenvalue weighted by molar-refractivity contribution is -0.143. The standard InChI is InChI=1S/C46H64N14O12S2/c47-28-22-73-74-23-33(45(72)59-15-5-9-34(59)42(69)54-29(8-4-14-52-46(50)51)39(66)53-20-37(49)64)58-41(68)31(19-36(48)63)56-43(70)35-18-27(62)21-60(35)44(71)32(17-24-6-2-1-3-7-24)57-40(67)30(55-38(28)65)16-25-10-12-26(61)13-11-25/h1-3,6-7,10-13,27-35,61-62H,4-5,8-9,14-23,47H2,(H2,48,63)(H2,49,64)(H,53,66)(H,54,69)(H,55,65)(H,56,70)(H,57,67)(H,58,68)(H4,50,51,52). The summed E-state index contributed by atoms with van der Waals surface area (Å²) in [6.07, 6.45) is -1.87. The molecule has 402 valence electrons. The zero-order valence-electron chi connectivity index (χ0n) is 40.3. The zero-order valence-corrected chi connectivity index (χ0v) is 41.9. The summed E-state index contributed by atoms with van der Waals surface area (Å²) < 4.78 is 0. The smallest absolute Gasteiger partial charge is 0.246 e. The largest absolute Gasteiger partial charge is 0.508 e. The van der Waals surface area contributed by atoms with Crippen molar-refractivity contribution in [3.8, 4) is 5.75 Å². The Bertz CT molecular complexity index is 2400. The third-order valence-corrected chi connectivity index (χ3v) is 14.6. The van der Waals surface area contributed by atoms with Crippen LogP contribution in [0.2, 0.25) is 0 Å². The highest BCUT2D eigenvalue weighted by molar-refractivity contribution is 8.76. The molecule has 3 fully saturated rings. The molecule has 0 saturated carbocycles. The first-order valence-corrected chi connectivity index (χ1v) is 26.2. The number of benzene rings is 2. The number of likely N-dealkylation sites (tertiary alicyclic amines) is 1. The summed E-state index contributed by atoms with van der Waals surface area (Å²) in [6.45, 7) is -0.777. The number of rotatable bonds is 16. The molecular formula is C46H64N14O12S2. The fourth-order valence-corrected chi connectivity index (χ4v) is 10.7. The van der Waals surface area contributed by atoms with E-state index in [0.29, 0.717) is 17.5 Å². The summed E-state index contributed by atoms with van der Waals surface area (Å²) in [4.78, 5) is 143. The molecule has 9 unspecified atom stereocenters. The van der Waals surface area contributed by atoms with Crippen molar-refractivity contribution in [1.82, 2.24) is 41.7 Å². The normalized spacial score (nSPS) is 24.7. The lowest BCUT2D eigenvalue weighted by Crippen LogP contribution is -2.61. The molecule has 2 aromatic rings. The summed E-state index contributed by atoms with van der Waals surface area (Å²) in [6, 6.07) is 3.44. The average Bonchev–Trinajstić information content (AvgIpc) is 4.02. The van der Waals surface area contributed by atoms with Crippen molar-refractivity contribution < 1.29 is 58.2 Å². The highest BCUT2D eigenvalue weighted by Gasteiger charge is 2.44. The van der Waals surface area contributed by atoms with E-state index in [4.69, 9.17) is 28.7 Å². The van der Waals surface area contributed by atoms with Gasteiger partial charge in [0.05, 0.1) is 25.1 Å². The summed E-state index contributed by atoms with van der Waals surface area (Å²) in [5.41, 5.74) is 29.1. The van der Waals surface area contributed by atoms with E-state index in [9.17, 15) is 58.2 Å². The van der Waals surface area contributed by atoms with E-state index in [0.717, 1.165) is 26.5 Å². The summed E-state index contributed by atoms with van der Waals surface area (Å²) in [5.74, 6) is -9.11. The van der Waals surface area contributed by atoms with Gasteiger partial charge in [-0.05, 0) is 48.9 Å². The quantitative estimate of drug-likeness (QED) is 0.0323. The highest BCUT2D eigenvalue weighted by atomic mass is 33.1. The zero-order chi connectivity index (χ0) is 54.1. The minimum atomic E-state index is -1.73. The number of carbonyl (C=O) groups is 10. The Morgan fingerprint density at radius 2 is 1.42 bits per heavy atom. The van der Waals surface area contributed by atoms with Gasteiger partial charge in [0.1, 0.15) is 48.0 Å². The minimum absolute atomic E-state index is 0.0136. The van der Waals surface area contributed by atoms with Gasteiger partial charge in [-0.3, -0.25) is 52.9 Å². The van der Waals surface area contributed by atoms with Crippen molar-refractivity contribution in [1.29, 1.82) is 0 Å². The van der Waals surface area contributed by atoms with E-state index in [1.807, 2.05) is 0 Å². The number of hydrogen-bond acceptors (Lipinski definition) is 16. The number of amides is 10. The molecule has 9 atom stereocenters. The number of hydrogen-bond donors (Lipinski definition) is 13. The highest BCUT2D eigenvalue weighted by Crippen LogP contribution is 2.27. The number of nitrogens with zero attached hydrogens (tertiary/aromatic N) is 3. The molecule has 2 aromatic carbocycles. The summed E-state index contributed by atoms with van der Waals surface area (Å²) in [5, 5.41) is 36.3. The van der Waals surface area contributed by atoms with Gasteiger partial charge in [-0.1, -0.05) is 64.1 Å². The molecule has 18 N–H and O–H groups in total. The van der Waals surface area contributed by atoms with Crippen LogP contribution in [0, 0.1) is 0 Å². The van der Waals surface area contributed by atoms with Crippen LogP contribution in [-0.4, -0.2) is 177 Å². The second-order valence-electron chi connectivity index (χ2n) is 17.9. The number of nitrogens with one attached hydrogen (secondary N) is 6. The maximum Gasteiger partial charge on any atom is 0.246 e. The van der Waals surface area contributed by atoms with Gasteiger partial charge < -0.3 is 80.6 Å². The van der Waals surface area contributed by atoms with Gasteiger partial charge in [0.15, 0.2) is 5.96 Å². The van der Waals surface area contributed by atoms with E-state index < -0.39 is 126 Å². The van der Waals surface area contributed by atoms with Crippen LogP contribution in [0.1, 0.15) is 49.7 Å². The van der Waals surface area contributed by atoms with Gasteiger partial charge in [0.2, 0.25) is 59.1 Å². The maximum absolute atomic E-state index is 14.6. The number of guanidine groups is 1. The van der Waals surface area contributed by atoms with Gasteiger partial charge in [-0.2, -0.15) is 0 Å². The first kappa shape index (κ1) is 57.7. The molecular weight excluding hydrogens is 1000 g/mol. The lowest BCUT2D eigenvalue weighted by Gasteiger charge is -2.32. The van der Waals surface area contributed by atoms with E-state index in [-0.39, 0.29) is 81.4 Å². The van der Waals surface area contributed by atoms with Crippen LogP contribution in [0.3, 0.4) is 0 Å². The van der Waals surface area contributed by atoms with Gasteiger partial charge >= 0.3 is 0 Å². The van der Waals surface area contributed by atoms with Crippen LogP contribution in [-0.2, 0) is 60.8 Å². The molecule has 3 heterocycles. The Kier molecular flexibility index (Phi) is 21.7. The molecule has 0 radical (unpaired) electrons. The second kappa shape index (κ2) is 27.8. The number of carbonyl (C=O) groups excluding carboxylic acids is 10. The maximum atomic E-state index is 14.6. The van der Waals surface area contributed by atoms with Crippen molar-refractivity contribution in [2.24, 2.45) is 33.7 Å². The van der Waals surface area contributed by atoms with E-state index in [1.165, 1.54) is 17.0 Å². The number of fused-ring (bicyclic) bond motifs is 1. The Morgan fingerprint density at radius 1 is 0.784 bits per heavy atom. The molecule has 0 aliphatic carbocycles. The number of phenolic OH excluding ortho intramolecular Hbond substituents is 1. The minimum Gasteiger partial charge on any atom is -0.508 e. The topological polar surface area (TPSA) is 432 Å². The SMILES string of the molecule is NC(=O)CNC(=O)C(CCCN=C(N)N)NC(=O)C1CCCN1C(=O)C1CSSCC(N)C(=O)NC(Cc2ccc(O)cc2)C(=O)NC(Cc2ccccc2)C(=O)N2CC(O)CC2C(=O)NC(CC(N)=O)C(=O)N1. The molecule has 5 rings (SSSR count). The molecule has 10 amide bonds. The van der Waals surface area contributed by atoms with E-state index >= 15 is 0 Å². The van der Waals surface area contributed by atoms with Crippen molar-refractivity contribution in [2.45, 2.75) is 106 Å². The lowest BCUT2D eigenvalue weighted by atomic mass is 10.0. The monoisotopic (exact) mass is 1070 g/mol. The van der Waals surface area contributed by atoms with Crippen LogP contribution >= 0.6 is 21.6 Å². The third-order valence-electron chi connectivity index (χ3n) is 12.2. The fourth-order valence-electron chi connectivity index (χ4n) is 8.46. The number of phenols is 1. The molecule has 3 saturated heterocycles. The predicted octanol–water partition coefficient (Wildman–Crippen LogP) is -5.19.